The summed E-state index contributed by atoms with van der Waals surface area (Å²) in [5.74, 6) is 1.05. The van der Waals surface area contributed by atoms with Crippen LogP contribution in [-0.4, -0.2) is 27.8 Å². The number of nitrogens with one attached hydrogen (secondary N) is 2. The smallest absolute Gasteiger partial charge is 0.165 e. The first-order valence-corrected chi connectivity index (χ1v) is 6.00. The van der Waals surface area contributed by atoms with Crippen molar-refractivity contribution in [3.8, 4) is 0 Å². The van der Waals surface area contributed by atoms with Crippen molar-refractivity contribution in [2.24, 2.45) is 0 Å². The zero-order valence-electron chi connectivity index (χ0n) is 9.13. The Hall–Kier alpha value is -0.480. The van der Waals surface area contributed by atoms with Crippen molar-refractivity contribution in [1.82, 2.24) is 15.3 Å². The molecule has 0 saturated heterocycles. The molecule has 1 aromatic rings. The van der Waals surface area contributed by atoms with Crippen molar-refractivity contribution in [1.29, 1.82) is 0 Å². The van der Waals surface area contributed by atoms with Gasteiger partial charge in [0.25, 0.3) is 0 Å². The molecule has 0 unspecified atom stereocenters. The topological polar surface area (TPSA) is 40.7 Å². The summed E-state index contributed by atoms with van der Waals surface area (Å²) in [6, 6.07) is 0. The fourth-order valence-corrected chi connectivity index (χ4v) is 1.68. The number of aromatic nitrogens is 2. The third kappa shape index (κ3) is 4.15. The Balaban J connectivity index is 2.11. The van der Waals surface area contributed by atoms with E-state index >= 15 is 0 Å². The highest BCUT2D eigenvalue weighted by atomic mass is 32.2. The van der Waals surface area contributed by atoms with Crippen LogP contribution >= 0.6 is 11.8 Å². The number of imidazole rings is 1. The average Bonchev–Trinajstić information content (AvgIpc) is 2.65. The SMILES string of the molecule is CCC(C)(C)NCCSc1ncc[nH]1. The molecular weight excluding hydrogens is 194 g/mol. The molecule has 0 aliphatic rings. The summed E-state index contributed by atoms with van der Waals surface area (Å²) in [7, 11) is 0. The number of hydrogen-bond acceptors (Lipinski definition) is 3. The summed E-state index contributed by atoms with van der Waals surface area (Å²) in [5.41, 5.74) is 0.254. The molecule has 80 valence electrons. The van der Waals surface area contributed by atoms with Crippen LogP contribution in [0.2, 0.25) is 0 Å². The van der Waals surface area contributed by atoms with Crippen molar-refractivity contribution in [2.75, 3.05) is 12.3 Å². The maximum atomic E-state index is 4.15. The van der Waals surface area contributed by atoms with Gasteiger partial charge in [0.05, 0.1) is 0 Å². The van der Waals surface area contributed by atoms with Gasteiger partial charge < -0.3 is 10.3 Å². The Morgan fingerprint density at radius 3 is 2.93 bits per heavy atom. The largest absolute Gasteiger partial charge is 0.340 e. The van der Waals surface area contributed by atoms with E-state index in [-0.39, 0.29) is 5.54 Å². The second kappa shape index (κ2) is 5.41. The van der Waals surface area contributed by atoms with E-state index in [1.54, 1.807) is 18.0 Å². The van der Waals surface area contributed by atoms with Crippen LogP contribution in [0.1, 0.15) is 27.2 Å². The predicted octanol–water partition coefficient (Wildman–Crippen LogP) is 2.28. The zero-order chi connectivity index (χ0) is 10.4. The zero-order valence-corrected chi connectivity index (χ0v) is 9.95. The van der Waals surface area contributed by atoms with Gasteiger partial charge in [-0.15, -0.1) is 0 Å². The van der Waals surface area contributed by atoms with Gasteiger partial charge >= 0.3 is 0 Å². The van der Waals surface area contributed by atoms with E-state index in [1.165, 1.54) is 0 Å². The number of thioether (sulfide) groups is 1. The van der Waals surface area contributed by atoms with E-state index in [0.717, 1.165) is 23.9 Å². The van der Waals surface area contributed by atoms with Gasteiger partial charge in [0.15, 0.2) is 5.16 Å². The van der Waals surface area contributed by atoms with E-state index in [9.17, 15) is 0 Å². The maximum Gasteiger partial charge on any atom is 0.165 e. The molecule has 14 heavy (non-hydrogen) atoms. The molecule has 0 atom stereocenters. The van der Waals surface area contributed by atoms with Crippen LogP contribution in [0.5, 0.6) is 0 Å². The predicted molar refractivity (Wildman–Crippen MR) is 61.7 cm³/mol. The molecule has 0 aromatic carbocycles. The van der Waals surface area contributed by atoms with Crippen LogP contribution in [-0.2, 0) is 0 Å². The van der Waals surface area contributed by atoms with Crippen LogP contribution in [0, 0.1) is 0 Å². The lowest BCUT2D eigenvalue weighted by atomic mass is 10.0. The number of nitrogens with zero attached hydrogens (tertiary/aromatic N) is 1. The Morgan fingerprint density at radius 1 is 1.57 bits per heavy atom. The van der Waals surface area contributed by atoms with Crippen molar-refractivity contribution in [3.63, 3.8) is 0 Å². The van der Waals surface area contributed by atoms with E-state index in [1.807, 2.05) is 6.20 Å². The first-order chi connectivity index (χ1) is 6.64. The number of hydrogen-bond donors (Lipinski definition) is 2. The van der Waals surface area contributed by atoms with Crippen LogP contribution in [0.3, 0.4) is 0 Å². The third-order valence-corrected chi connectivity index (χ3v) is 3.21. The molecule has 0 fully saturated rings. The monoisotopic (exact) mass is 213 g/mol. The minimum atomic E-state index is 0.254. The Labute approximate surface area is 90.1 Å². The van der Waals surface area contributed by atoms with Gasteiger partial charge in [0.2, 0.25) is 0 Å². The molecule has 3 nitrogen and oxygen atoms in total. The third-order valence-electron chi connectivity index (χ3n) is 2.30. The molecule has 4 heteroatoms. The Kier molecular flexibility index (Phi) is 4.48. The van der Waals surface area contributed by atoms with Gasteiger partial charge in [-0.25, -0.2) is 4.98 Å². The highest BCUT2D eigenvalue weighted by Gasteiger charge is 2.12. The molecular formula is C10H19N3S. The minimum absolute atomic E-state index is 0.254. The van der Waals surface area contributed by atoms with Crippen LogP contribution in [0.15, 0.2) is 17.6 Å². The average molecular weight is 213 g/mol. The van der Waals surface area contributed by atoms with Gasteiger partial charge in [-0.2, -0.15) is 0 Å². The summed E-state index contributed by atoms with van der Waals surface area (Å²) in [6.45, 7) is 7.67. The van der Waals surface area contributed by atoms with Crippen LogP contribution < -0.4 is 5.32 Å². The lowest BCUT2D eigenvalue weighted by Crippen LogP contribution is -2.39. The van der Waals surface area contributed by atoms with Crippen LogP contribution in [0.25, 0.3) is 0 Å². The molecule has 0 aliphatic carbocycles. The second-order valence-corrected chi connectivity index (χ2v) is 4.99. The fourth-order valence-electron chi connectivity index (χ4n) is 0.992. The first-order valence-electron chi connectivity index (χ1n) is 5.01. The van der Waals surface area contributed by atoms with Gasteiger partial charge in [-0.05, 0) is 20.3 Å². The molecule has 0 saturated carbocycles. The first kappa shape index (κ1) is 11.6. The molecule has 1 aromatic heterocycles. The molecule has 0 amide bonds. The highest BCUT2D eigenvalue weighted by Crippen LogP contribution is 2.11. The lowest BCUT2D eigenvalue weighted by molar-refractivity contribution is 0.388. The van der Waals surface area contributed by atoms with Crippen molar-refractivity contribution < 1.29 is 0 Å². The molecule has 0 spiro atoms. The molecule has 2 N–H and O–H groups in total. The standard InChI is InChI=1S/C10H19N3S/c1-4-10(2,3)13-7-8-14-9-11-5-6-12-9/h5-6,13H,4,7-8H2,1-3H3,(H,11,12). The molecule has 1 heterocycles. The summed E-state index contributed by atoms with van der Waals surface area (Å²) in [4.78, 5) is 7.22. The van der Waals surface area contributed by atoms with E-state index in [2.05, 4.69) is 36.1 Å². The molecule has 0 bridgehead atoms. The van der Waals surface area contributed by atoms with Gasteiger partial charge in [-0.1, -0.05) is 18.7 Å². The van der Waals surface area contributed by atoms with E-state index < -0.39 is 0 Å². The summed E-state index contributed by atoms with van der Waals surface area (Å²) < 4.78 is 0. The van der Waals surface area contributed by atoms with E-state index in [0.29, 0.717) is 0 Å². The minimum Gasteiger partial charge on any atom is -0.340 e. The van der Waals surface area contributed by atoms with Crippen LogP contribution in [0.4, 0.5) is 0 Å². The number of aromatic amines is 1. The second-order valence-electron chi connectivity index (χ2n) is 3.91. The van der Waals surface area contributed by atoms with Crippen molar-refractivity contribution >= 4 is 11.8 Å². The van der Waals surface area contributed by atoms with Gasteiger partial charge in [-0.3, -0.25) is 0 Å². The molecule has 1 rings (SSSR count). The number of rotatable bonds is 6. The van der Waals surface area contributed by atoms with Crippen molar-refractivity contribution in [2.45, 2.75) is 37.9 Å². The maximum absolute atomic E-state index is 4.15. The van der Waals surface area contributed by atoms with Gasteiger partial charge in [0.1, 0.15) is 0 Å². The quantitative estimate of drug-likeness (QED) is 0.562. The number of H-pyrrole nitrogens is 1. The van der Waals surface area contributed by atoms with E-state index in [4.69, 9.17) is 0 Å². The Bertz CT molecular complexity index is 244. The summed E-state index contributed by atoms with van der Waals surface area (Å²) in [5, 5.41) is 4.51. The lowest BCUT2D eigenvalue weighted by Gasteiger charge is -2.24. The fraction of sp³-hybridized carbons (Fsp3) is 0.700. The van der Waals surface area contributed by atoms with Crippen molar-refractivity contribution in [3.05, 3.63) is 12.4 Å². The summed E-state index contributed by atoms with van der Waals surface area (Å²) in [6.07, 6.45) is 4.79. The summed E-state index contributed by atoms with van der Waals surface area (Å²) >= 11 is 1.75. The normalized spacial score (nSPS) is 11.9. The molecule has 0 aliphatic heterocycles. The van der Waals surface area contributed by atoms with Gasteiger partial charge in [0, 0.05) is 30.2 Å². The molecule has 0 radical (unpaired) electrons. The highest BCUT2D eigenvalue weighted by molar-refractivity contribution is 7.99. The Morgan fingerprint density at radius 2 is 2.36 bits per heavy atom.